The fourth-order valence-electron chi connectivity index (χ4n) is 4.26. The van der Waals surface area contributed by atoms with Crippen LogP contribution in [0.25, 0.3) is 0 Å². The smallest absolute Gasteiger partial charge is 0.267 e. The Bertz CT molecular complexity index is 979. The summed E-state index contributed by atoms with van der Waals surface area (Å²) in [4.78, 5) is 1.07. The summed E-state index contributed by atoms with van der Waals surface area (Å²) in [5, 5.41) is 0.180. The molecule has 2 aliphatic rings. The van der Waals surface area contributed by atoms with Crippen molar-refractivity contribution in [3.63, 3.8) is 0 Å². The molecule has 0 aromatic heterocycles. The van der Waals surface area contributed by atoms with E-state index in [2.05, 4.69) is 13.1 Å². The molecule has 2 aromatic rings. The van der Waals surface area contributed by atoms with Crippen molar-refractivity contribution in [2.75, 3.05) is 24.4 Å². The standard InChI is InChI=1S/C19H20ClFN2O2S/c1-12-3-5-17-14(9-12)15-11-22(2)8-7-18(15)23(17)26(24,25)19-6-4-13(20)10-16(19)21/h3-6,9-10,15,18H,7-8,11H2,1-2H3/p+1/t15-,18-/m0/s1. The number of nitrogens with zero attached hydrogens (tertiary/aromatic N) is 1. The molecular weight excluding hydrogens is 375 g/mol. The summed E-state index contributed by atoms with van der Waals surface area (Å²) in [6.07, 6.45) is 0.749. The molecule has 26 heavy (non-hydrogen) atoms. The largest absolute Gasteiger partial charge is 0.337 e. The lowest BCUT2D eigenvalue weighted by molar-refractivity contribution is -0.886. The summed E-state index contributed by atoms with van der Waals surface area (Å²) >= 11 is 5.80. The van der Waals surface area contributed by atoms with Gasteiger partial charge in [0.1, 0.15) is 10.7 Å². The van der Waals surface area contributed by atoms with Crippen LogP contribution in [0.4, 0.5) is 10.1 Å². The first-order valence-electron chi connectivity index (χ1n) is 8.70. The Balaban J connectivity index is 1.88. The molecule has 1 fully saturated rings. The van der Waals surface area contributed by atoms with Gasteiger partial charge in [-0.25, -0.2) is 12.8 Å². The summed E-state index contributed by atoms with van der Waals surface area (Å²) in [6, 6.07) is 9.39. The number of halogens is 2. The monoisotopic (exact) mass is 395 g/mol. The van der Waals surface area contributed by atoms with Crippen molar-refractivity contribution in [2.24, 2.45) is 0 Å². The second-order valence-corrected chi connectivity index (χ2v) is 9.53. The fourth-order valence-corrected chi connectivity index (χ4v) is 6.21. The van der Waals surface area contributed by atoms with E-state index in [0.29, 0.717) is 5.69 Å². The lowest BCUT2D eigenvalue weighted by Crippen LogP contribution is -3.11. The Labute approximate surface area is 158 Å². The molecule has 0 radical (unpaired) electrons. The van der Waals surface area contributed by atoms with E-state index in [-0.39, 0.29) is 21.9 Å². The van der Waals surface area contributed by atoms with E-state index in [1.165, 1.54) is 21.3 Å². The van der Waals surface area contributed by atoms with Crippen molar-refractivity contribution in [3.05, 3.63) is 58.4 Å². The highest BCUT2D eigenvalue weighted by Crippen LogP contribution is 2.46. The maximum atomic E-state index is 14.4. The molecule has 2 aromatic carbocycles. The molecule has 2 heterocycles. The number of likely N-dealkylation sites (tertiary alicyclic amines) is 1. The molecule has 1 saturated heterocycles. The number of sulfonamides is 1. The minimum Gasteiger partial charge on any atom is -0.337 e. The first-order chi connectivity index (χ1) is 12.3. The van der Waals surface area contributed by atoms with Gasteiger partial charge in [-0.1, -0.05) is 29.3 Å². The average Bonchev–Trinajstić information content (AvgIpc) is 2.88. The number of anilines is 1. The van der Waals surface area contributed by atoms with E-state index in [9.17, 15) is 12.8 Å². The van der Waals surface area contributed by atoms with Crippen molar-refractivity contribution in [2.45, 2.75) is 30.2 Å². The topological polar surface area (TPSA) is 41.8 Å². The average molecular weight is 396 g/mol. The quantitative estimate of drug-likeness (QED) is 0.848. The summed E-state index contributed by atoms with van der Waals surface area (Å²) in [5.41, 5.74) is 2.82. The SMILES string of the molecule is Cc1ccc2c(c1)[C@@H]1C[NH+](C)CC[C@@H]1N2S(=O)(=O)c1ccc(Cl)cc1F. The van der Waals surface area contributed by atoms with Gasteiger partial charge < -0.3 is 4.90 Å². The van der Waals surface area contributed by atoms with Crippen LogP contribution in [0.3, 0.4) is 0 Å². The molecule has 1 unspecified atom stereocenters. The lowest BCUT2D eigenvalue weighted by atomic mass is 9.89. The molecule has 0 aliphatic carbocycles. The molecule has 138 valence electrons. The first-order valence-corrected chi connectivity index (χ1v) is 10.5. The molecule has 2 aliphatic heterocycles. The van der Waals surface area contributed by atoms with Crippen LogP contribution in [0.15, 0.2) is 41.3 Å². The summed E-state index contributed by atoms with van der Waals surface area (Å²) in [6.45, 7) is 3.77. The second-order valence-electron chi connectivity index (χ2n) is 7.31. The molecule has 0 spiro atoms. The van der Waals surface area contributed by atoms with Crippen LogP contribution in [0.2, 0.25) is 5.02 Å². The lowest BCUT2D eigenvalue weighted by Gasteiger charge is -2.34. The van der Waals surface area contributed by atoms with Gasteiger partial charge in [0.15, 0.2) is 0 Å². The number of aryl methyl sites for hydroxylation is 1. The van der Waals surface area contributed by atoms with Gasteiger partial charge in [0, 0.05) is 11.4 Å². The Hall–Kier alpha value is -1.63. The third-order valence-electron chi connectivity index (χ3n) is 5.45. The zero-order valence-electron chi connectivity index (χ0n) is 14.7. The second kappa shape index (κ2) is 6.22. The molecule has 1 N–H and O–H groups in total. The third-order valence-corrected chi connectivity index (χ3v) is 7.56. The minimum absolute atomic E-state index is 0.129. The Kier molecular flexibility index (Phi) is 4.25. The number of fused-ring (bicyclic) bond motifs is 3. The van der Waals surface area contributed by atoms with E-state index >= 15 is 0 Å². The number of piperidine rings is 1. The van der Waals surface area contributed by atoms with E-state index in [1.54, 1.807) is 0 Å². The van der Waals surface area contributed by atoms with Gasteiger partial charge >= 0.3 is 0 Å². The molecule has 0 bridgehead atoms. The molecule has 7 heteroatoms. The van der Waals surface area contributed by atoms with Crippen LogP contribution in [0.1, 0.15) is 23.5 Å². The van der Waals surface area contributed by atoms with E-state index in [0.717, 1.165) is 36.7 Å². The van der Waals surface area contributed by atoms with Gasteiger partial charge in [0.25, 0.3) is 10.0 Å². The van der Waals surface area contributed by atoms with Crippen LogP contribution in [0, 0.1) is 12.7 Å². The predicted octanol–water partition coefficient (Wildman–Crippen LogP) is 2.37. The number of likely N-dealkylation sites (N-methyl/N-ethyl adjacent to an activating group) is 1. The maximum absolute atomic E-state index is 14.4. The van der Waals surface area contributed by atoms with Crippen molar-refractivity contribution in [3.8, 4) is 0 Å². The Morgan fingerprint density at radius 3 is 2.73 bits per heavy atom. The van der Waals surface area contributed by atoms with Crippen LogP contribution < -0.4 is 9.21 Å². The number of quaternary nitrogens is 1. The highest BCUT2D eigenvalue weighted by molar-refractivity contribution is 7.93. The van der Waals surface area contributed by atoms with Crippen molar-refractivity contribution in [1.29, 1.82) is 0 Å². The zero-order chi connectivity index (χ0) is 18.6. The summed E-state index contributed by atoms with van der Waals surface area (Å²) in [5.74, 6) is -0.683. The van der Waals surface area contributed by atoms with Crippen molar-refractivity contribution in [1.82, 2.24) is 0 Å². The summed E-state index contributed by atoms with van der Waals surface area (Å²) < 4.78 is 42.7. The van der Waals surface area contributed by atoms with Crippen LogP contribution in [-0.4, -0.2) is 34.6 Å². The number of hydrogen-bond acceptors (Lipinski definition) is 2. The molecule has 3 atom stereocenters. The van der Waals surface area contributed by atoms with Gasteiger partial charge in [-0.3, -0.25) is 4.31 Å². The van der Waals surface area contributed by atoms with Crippen molar-refractivity contribution < 1.29 is 17.7 Å². The molecule has 4 rings (SSSR count). The molecule has 4 nitrogen and oxygen atoms in total. The van der Waals surface area contributed by atoms with E-state index in [1.807, 2.05) is 19.1 Å². The van der Waals surface area contributed by atoms with Gasteiger partial charge in [0.2, 0.25) is 0 Å². The van der Waals surface area contributed by atoms with Crippen LogP contribution >= 0.6 is 11.6 Å². The summed E-state index contributed by atoms with van der Waals surface area (Å²) in [7, 11) is -1.88. The zero-order valence-corrected chi connectivity index (χ0v) is 16.2. The third kappa shape index (κ3) is 2.71. The minimum atomic E-state index is -4.01. The van der Waals surface area contributed by atoms with Crippen LogP contribution in [0.5, 0.6) is 0 Å². The molecule has 0 amide bonds. The number of benzene rings is 2. The van der Waals surface area contributed by atoms with Crippen molar-refractivity contribution >= 4 is 27.3 Å². The van der Waals surface area contributed by atoms with E-state index in [4.69, 9.17) is 11.6 Å². The maximum Gasteiger partial charge on any atom is 0.267 e. The van der Waals surface area contributed by atoms with Gasteiger partial charge in [0.05, 0.1) is 37.8 Å². The molecule has 0 saturated carbocycles. The van der Waals surface area contributed by atoms with E-state index < -0.39 is 15.8 Å². The first kappa shape index (κ1) is 17.8. The number of nitrogens with one attached hydrogen (secondary N) is 1. The van der Waals surface area contributed by atoms with Gasteiger partial charge in [-0.05, 0) is 36.8 Å². The highest BCUT2D eigenvalue weighted by Gasteiger charge is 2.48. The van der Waals surface area contributed by atoms with Crippen LogP contribution in [-0.2, 0) is 10.0 Å². The highest BCUT2D eigenvalue weighted by atomic mass is 35.5. The Morgan fingerprint density at radius 2 is 2.00 bits per heavy atom. The number of hydrogen-bond donors (Lipinski definition) is 1. The van der Waals surface area contributed by atoms with Gasteiger partial charge in [-0.15, -0.1) is 0 Å². The Morgan fingerprint density at radius 1 is 1.23 bits per heavy atom. The fraction of sp³-hybridized carbons (Fsp3) is 0.368. The normalized spacial score (nSPS) is 25.1. The predicted molar refractivity (Wildman–Crippen MR) is 100 cm³/mol. The number of rotatable bonds is 2. The molecular formula is C19H21ClFN2O2S+. The van der Waals surface area contributed by atoms with Gasteiger partial charge in [-0.2, -0.15) is 0 Å².